The molecule has 0 N–H and O–H groups in total. The monoisotopic (exact) mass is 298 g/mol. The number of carbonyl (C=O) groups excluding carboxylic acids is 1. The van der Waals surface area contributed by atoms with Crippen LogP contribution in [-0.4, -0.2) is 46.8 Å². The third kappa shape index (κ3) is 3.30. The predicted octanol–water partition coefficient (Wildman–Crippen LogP) is 2.01. The number of hydrogen-bond acceptors (Lipinski definition) is 3. The third-order valence-corrected chi connectivity index (χ3v) is 4.38. The zero-order valence-corrected chi connectivity index (χ0v) is 12.9. The highest BCUT2D eigenvalue weighted by atomic mass is 16.2. The van der Waals surface area contributed by atoms with E-state index in [9.17, 15) is 4.79 Å². The van der Waals surface area contributed by atoms with Gasteiger partial charge in [0.1, 0.15) is 6.54 Å². The molecule has 1 saturated heterocycles. The zero-order valence-electron chi connectivity index (χ0n) is 12.9. The van der Waals surface area contributed by atoms with Gasteiger partial charge in [0.25, 0.3) is 0 Å². The molecule has 1 fully saturated rings. The summed E-state index contributed by atoms with van der Waals surface area (Å²) in [6, 6.07) is 12.8. The Bertz CT molecular complexity index is 588. The van der Waals surface area contributed by atoms with Crippen LogP contribution < -0.4 is 4.90 Å². The number of nitrogens with zero attached hydrogens (tertiary/aromatic N) is 4. The lowest BCUT2D eigenvalue weighted by Gasteiger charge is -2.37. The van der Waals surface area contributed by atoms with Gasteiger partial charge >= 0.3 is 0 Å². The highest BCUT2D eigenvalue weighted by molar-refractivity contribution is 5.76. The molecule has 22 heavy (non-hydrogen) atoms. The molecule has 0 bridgehead atoms. The number of likely N-dealkylation sites (tertiary alicyclic amines) is 1. The molecule has 1 aromatic heterocycles. The van der Waals surface area contributed by atoms with Gasteiger partial charge in [0, 0.05) is 44.3 Å². The minimum absolute atomic E-state index is 0.157. The van der Waals surface area contributed by atoms with E-state index in [0.29, 0.717) is 12.6 Å². The second kappa shape index (κ2) is 6.64. The van der Waals surface area contributed by atoms with Crippen LogP contribution in [0.5, 0.6) is 0 Å². The van der Waals surface area contributed by atoms with Crippen LogP contribution in [0.3, 0.4) is 0 Å². The fraction of sp³-hybridized carbons (Fsp3) is 0.412. The maximum Gasteiger partial charge on any atom is 0.244 e. The van der Waals surface area contributed by atoms with Gasteiger partial charge in [0.15, 0.2) is 0 Å². The number of anilines is 1. The molecule has 1 amide bonds. The number of amides is 1. The lowest BCUT2D eigenvalue weighted by Crippen LogP contribution is -2.46. The molecular weight excluding hydrogens is 276 g/mol. The van der Waals surface area contributed by atoms with E-state index < -0.39 is 0 Å². The van der Waals surface area contributed by atoms with E-state index in [0.717, 1.165) is 25.9 Å². The number of piperidine rings is 1. The number of para-hydroxylation sites is 1. The van der Waals surface area contributed by atoms with Gasteiger partial charge in [-0.05, 0) is 31.0 Å². The number of aromatic nitrogens is 2. The van der Waals surface area contributed by atoms with Crippen molar-refractivity contribution in [3.05, 3.63) is 48.8 Å². The minimum atomic E-state index is 0.157. The van der Waals surface area contributed by atoms with Crippen molar-refractivity contribution in [2.75, 3.05) is 25.0 Å². The Kier molecular flexibility index (Phi) is 4.42. The van der Waals surface area contributed by atoms with Crippen LogP contribution >= 0.6 is 0 Å². The molecule has 5 heteroatoms. The summed E-state index contributed by atoms with van der Waals surface area (Å²) in [7, 11) is 2.14. The Balaban J connectivity index is 1.53. The second-order valence-electron chi connectivity index (χ2n) is 5.76. The molecule has 2 heterocycles. The number of hydrogen-bond donors (Lipinski definition) is 0. The fourth-order valence-corrected chi connectivity index (χ4v) is 3.01. The van der Waals surface area contributed by atoms with Gasteiger partial charge in [-0.25, -0.2) is 0 Å². The fourth-order valence-electron chi connectivity index (χ4n) is 3.01. The van der Waals surface area contributed by atoms with E-state index in [-0.39, 0.29) is 5.91 Å². The standard InChI is InChI=1S/C17H22N4O/c1-19(15-6-3-2-4-7-15)16-8-12-20(13-9-16)17(22)14-21-11-5-10-18-21/h2-7,10-11,16H,8-9,12-14H2,1H3. The summed E-state index contributed by atoms with van der Waals surface area (Å²) in [5, 5.41) is 4.09. The van der Waals surface area contributed by atoms with Crippen LogP contribution in [0.15, 0.2) is 48.8 Å². The quantitative estimate of drug-likeness (QED) is 0.867. The average Bonchev–Trinajstić information content (AvgIpc) is 3.08. The van der Waals surface area contributed by atoms with Crippen LogP contribution in [0.25, 0.3) is 0 Å². The van der Waals surface area contributed by atoms with Crippen LogP contribution in [0.2, 0.25) is 0 Å². The lowest BCUT2D eigenvalue weighted by molar-refractivity contribution is -0.133. The second-order valence-corrected chi connectivity index (χ2v) is 5.76. The summed E-state index contributed by atoms with van der Waals surface area (Å²) in [6.45, 7) is 1.98. The molecule has 1 aliphatic rings. The third-order valence-electron chi connectivity index (χ3n) is 4.38. The largest absolute Gasteiger partial charge is 0.371 e. The van der Waals surface area contributed by atoms with Crippen molar-refractivity contribution in [1.29, 1.82) is 0 Å². The maximum absolute atomic E-state index is 12.3. The van der Waals surface area contributed by atoms with Crippen molar-refractivity contribution in [1.82, 2.24) is 14.7 Å². The Morgan fingerprint density at radius 2 is 1.95 bits per heavy atom. The molecule has 116 valence electrons. The van der Waals surface area contributed by atoms with E-state index in [1.807, 2.05) is 23.2 Å². The van der Waals surface area contributed by atoms with Crippen molar-refractivity contribution in [2.24, 2.45) is 0 Å². The van der Waals surface area contributed by atoms with Gasteiger partial charge in [-0.2, -0.15) is 5.10 Å². The predicted molar refractivity (Wildman–Crippen MR) is 86.7 cm³/mol. The molecule has 1 aliphatic heterocycles. The Hall–Kier alpha value is -2.30. The molecule has 0 atom stereocenters. The first-order valence-electron chi connectivity index (χ1n) is 7.77. The van der Waals surface area contributed by atoms with Crippen LogP contribution in [0.1, 0.15) is 12.8 Å². The van der Waals surface area contributed by atoms with Gasteiger partial charge in [-0.15, -0.1) is 0 Å². The molecule has 2 aromatic rings. The molecule has 0 unspecified atom stereocenters. The first-order valence-corrected chi connectivity index (χ1v) is 7.77. The number of rotatable bonds is 4. The molecule has 0 radical (unpaired) electrons. The van der Waals surface area contributed by atoms with Crippen molar-refractivity contribution in [3.63, 3.8) is 0 Å². The molecule has 0 aliphatic carbocycles. The molecule has 0 saturated carbocycles. The van der Waals surface area contributed by atoms with Gasteiger partial charge in [-0.1, -0.05) is 18.2 Å². The summed E-state index contributed by atoms with van der Waals surface area (Å²) in [5.74, 6) is 0.157. The summed E-state index contributed by atoms with van der Waals surface area (Å²) < 4.78 is 1.69. The van der Waals surface area contributed by atoms with Gasteiger partial charge in [0.05, 0.1) is 0 Å². The summed E-state index contributed by atoms with van der Waals surface area (Å²) in [5.41, 5.74) is 1.24. The zero-order chi connectivity index (χ0) is 15.4. The van der Waals surface area contributed by atoms with E-state index in [4.69, 9.17) is 0 Å². The van der Waals surface area contributed by atoms with Gasteiger partial charge in [0.2, 0.25) is 5.91 Å². The molecule has 0 spiro atoms. The Morgan fingerprint density at radius 1 is 1.23 bits per heavy atom. The number of carbonyl (C=O) groups is 1. The van der Waals surface area contributed by atoms with Gasteiger partial charge < -0.3 is 9.80 Å². The summed E-state index contributed by atoms with van der Waals surface area (Å²) >= 11 is 0. The van der Waals surface area contributed by atoms with Crippen molar-refractivity contribution < 1.29 is 4.79 Å². The first kappa shape index (κ1) is 14.6. The van der Waals surface area contributed by atoms with E-state index in [2.05, 4.69) is 41.3 Å². The van der Waals surface area contributed by atoms with E-state index >= 15 is 0 Å². The number of benzene rings is 1. The van der Waals surface area contributed by atoms with Crippen molar-refractivity contribution in [3.8, 4) is 0 Å². The minimum Gasteiger partial charge on any atom is -0.371 e. The van der Waals surface area contributed by atoms with Crippen LogP contribution in [-0.2, 0) is 11.3 Å². The lowest BCUT2D eigenvalue weighted by atomic mass is 10.0. The van der Waals surface area contributed by atoms with E-state index in [1.54, 1.807) is 10.9 Å². The molecular formula is C17H22N4O. The smallest absolute Gasteiger partial charge is 0.244 e. The highest BCUT2D eigenvalue weighted by Crippen LogP contribution is 2.21. The van der Waals surface area contributed by atoms with Crippen molar-refractivity contribution >= 4 is 11.6 Å². The first-order chi connectivity index (χ1) is 10.7. The van der Waals surface area contributed by atoms with E-state index in [1.165, 1.54) is 5.69 Å². The normalized spacial score (nSPS) is 15.8. The maximum atomic E-state index is 12.3. The van der Waals surface area contributed by atoms with Crippen molar-refractivity contribution in [2.45, 2.75) is 25.4 Å². The SMILES string of the molecule is CN(c1ccccc1)C1CCN(C(=O)Cn2cccn2)CC1. The Labute approximate surface area is 131 Å². The van der Waals surface area contributed by atoms with Crippen LogP contribution in [0, 0.1) is 0 Å². The summed E-state index contributed by atoms with van der Waals surface area (Å²) in [6.07, 6.45) is 5.55. The highest BCUT2D eigenvalue weighted by Gasteiger charge is 2.25. The summed E-state index contributed by atoms with van der Waals surface area (Å²) in [4.78, 5) is 16.5. The topological polar surface area (TPSA) is 41.4 Å². The molecule has 5 nitrogen and oxygen atoms in total. The Morgan fingerprint density at radius 3 is 2.59 bits per heavy atom. The molecule has 1 aromatic carbocycles. The molecule has 3 rings (SSSR count). The average molecular weight is 298 g/mol. The van der Waals surface area contributed by atoms with Crippen LogP contribution in [0.4, 0.5) is 5.69 Å². The van der Waals surface area contributed by atoms with Gasteiger partial charge in [-0.3, -0.25) is 9.48 Å².